The Labute approximate surface area is 158 Å². The first kappa shape index (κ1) is 17.9. The summed E-state index contributed by atoms with van der Waals surface area (Å²) in [5, 5.41) is 8.52. The molecule has 0 saturated carbocycles. The molecule has 0 amide bonds. The van der Waals surface area contributed by atoms with Gasteiger partial charge in [-0.3, -0.25) is 0 Å². The van der Waals surface area contributed by atoms with Crippen LogP contribution < -0.4 is 10.2 Å². The average Bonchev–Trinajstić information content (AvgIpc) is 3.12. The van der Waals surface area contributed by atoms with Gasteiger partial charge in [0.1, 0.15) is 11.3 Å². The maximum atomic E-state index is 6.09. The fraction of sp³-hybridized carbons (Fsp3) is 0.421. The quantitative estimate of drug-likeness (QED) is 0.660. The van der Waals surface area contributed by atoms with Gasteiger partial charge in [-0.25, -0.2) is 9.67 Å². The number of benzene rings is 1. The first-order chi connectivity index (χ1) is 12.8. The molecule has 0 radical (unpaired) electrons. The van der Waals surface area contributed by atoms with Crippen LogP contribution in [-0.2, 0) is 15.9 Å². The molecule has 0 bridgehead atoms. The summed E-state index contributed by atoms with van der Waals surface area (Å²) in [4.78, 5) is 4.56. The van der Waals surface area contributed by atoms with Gasteiger partial charge in [0.25, 0.3) is 0 Å². The zero-order valence-electron chi connectivity index (χ0n) is 16.3. The maximum Gasteiger partial charge on any atom is 0.496 e. The predicted molar refractivity (Wildman–Crippen MR) is 103 cm³/mol. The Morgan fingerprint density at radius 2 is 1.74 bits per heavy atom. The van der Waals surface area contributed by atoms with Crippen LogP contribution in [0, 0.1) is 0 Å². The second-order valence-corrected chi connectivity index (χ2v) is 7.79. The van der Waals surface area contributed by atoms with Crippen molar-refractivity contribution in [1.29, 1.82) is 0 Å². The Kier molecular flexibility index (Phi) is 4.20. The van der Waals surface area contributed by atoms with Gasteiger partial charge >= 0.3 is 7.12 Å². The van der Waals surface area contributed by atoms with Gasteiger partial charge in [-0.05, 0) is 51.5 Å². The molecule has 4 rings (SSSR count). The van der Waals surface area contributed by atoms with Crippen molar-refractivity contribution >= 4 is 23.7 Å². The fourth-order valence-electron chi connectivity index (χ4n) is 3.00. The Hall–Kier alpha value is -2.45. The number of hydrogen-bond acceptors (Lipinski definition) is 6. The third kappa shape index (κ3) is 3.19. The minimum Gasteiger partial charge on any atom is -0.497 e. The lowest BCUT2D eigenvalue weighted by atomic mass is 9.80. The molecule has 7 nitrogen and oxygen atoms in total. The summed E-state index contributed by atoms with van der Waals surface area (Å²) in [5.41, 5.74) is 2.61. The highest BCUT2D eigenvalue weighted by Gasteiger charge is 2.51. The molecular weight excluding hydrogens is 343 g/mol. The smallest absolute Gasteiger partial charge is 0.496 e. The predicted octanol–water partition coefficient (Wildman–Crippen LogP) is 2.18. The van der Waals surface area contributed by atoms with Gasteiger partial charge in [-0.2, -0.15) is 0 Å². The highest BCUT2D eigenvalue weighted by Crippen LogP contribution is 2.36. The summed E-state index contributed by atoms with van der Waals surface area (Å²) >= 11 is 0. The van der Waals surface area contributed by atoms with E-state index in [4.69, 9.17) is 14.0 Å². The topological polar surface area (TPSA) is 71.3 Å². The first-order valence-corrected chi connectivity index (χ1v) is 8.97. The first-order valence-electron chi connectivity index (χ1n) is 8.97. The number of rotatable bonds is 4. The lowest BCUT2D eigenvalue weighted by Crippen LogP contribution is -2.41. The molecule has 1 aliphatic heterocycles. The lowest BCUT2D eigenvalue weighted by Gasteiger charge is -2.32. The lowest BCUT2D eigenvalue weighted by molar-refractivity contribution is 0.00578. The summed E-state index contributed by atoms with van der Waals surface area (Å²) in [6.45, 7) is 8.71. The van der Waals surface area contributed by atoms with E-state index in [1.165, 1.54) is 0 Å². The van der Waals surface area contributed by atoms with Gasteiger partial charge in [0.2, 0.25) is 0 Å². The van der Waals surface area contributed by atoms with E-state index in [1.807, 2.05) is 58.0 Å². The normalized spacial score (nSPS) is 18.2. The van der Waals surface area contributed by atoms with Crippen molar-refractivity contribution in [2.75, 3.05) is 7.11 Å². The Morgan fingerprint density at radius 1 is 1.07 bits per heavy atom. The highest BCUT2D eigenvalue weighted by atomic mass is 16.7. The van der Waals surface area contributed by atoms with Crippen LogP contribution in [0.25, 0.3) is 11.2 Å². The van der Waals surface area contributed by atoms with E-state index < -0.39 is 18.3 Å². The van der Waals surface area contributed by atoms with Crippen LogP contribution in [-0.4, -0.2) is 45.4 Å². The van der Waals surface area contributed by atoms with Crippen molar-refractivity contribution in [2.45, 2.75) is 45.4 Å². The molecule has 2 aromatic heterocycles. The molecule has 0 spiro atoms. The molecule has 3 aromatic rings. The van der Waals surface area contributed by atoms with Crippen molar-refractivity contribution < 1.29 is 14.0 Å². The molecule has 3 heterocycles. The fourth-order valence-corrected chi connectivity index (χ4v) is 3.00. The second-order valence-electron chi connectivity index (χ2n) is 7.79. The van der Waals surface area contributed by atoms with Crippen molar-refractivity contribution in [2.24, 2.45) is 0 Å². The summed E-state index contributed by atoms with van der Waals surface area (Å²) in [6.07, 6.45) is 1.78. The molecule has 0 aliphatic carbocycles. The van der Waals surface area contributed by atoms with Gasteiger partial charge in [0.05, 0.1) is 24.9 Å². The van der Waals surface area contributed by atoms with Gasteiger partial charge in [-0.15, -0.1) is 5.10 Å². The van der Waals surface area contributed by atoms with E-state index >= 15 is 0 Å². The summed E-state index contributed by atoms with van der Waals surface area (Å²) in [5.74, 6) is 0.826. The van der Waals surface area contributed by atoms with E-state index in [-0.39, 0.29) is 0 Å². The average molecular weight is 366 g/mol. The molecule has 140 valence electrons. The van der Waals surface area contributed by atoms with E-state index in [1.54, 1.807) is 18.0 Å². The van der Waals surface area contributed by atoms with E-state index in [9.17, 15) is 0 Å². The molecule has 1 saturated heterocycles. The van der Waals surface area contributed by atoms with Crippen LogP contribution in [0.4, 0.5) is 0 Å². The van der Waals surface area contributed by atoms with Gasteiger partial charge in [-0.1, -0.05) is 17.3 Å². The third-order valence-electron chi connectivity index (χ3n) is 5.39. The minimum atomic E-state index is -0.460. The third-order valence-corrected chi connectivity index (χ3v) is 5.39. The van der Waals surface area contributed by atoms with Crippen LogP contribution in [0.1, 0.15) is 33.3 Å². The van der Waals surface area contributed by atoms with Crippen LogP contribution >= 0.6 is 0 Å². The Morgan fingerprint density at radius 3 is 2.37 bits per heavy atom. The van der Waals surface area contributed by atoms with Crippen molar-refractivity contribution in [3.63, 3.8) is 0 Å². The van der Waals surface area contributed by atoms with Crippen LogP contribution in [0.15, 0.2) is 36.5 Å². The molecule has 8 heteroatoms. The van der Waals surface area contributed by atoms with Crippen molar-refractivity contribution in [3.8, 4) is 5.75 Å². The summed E-state index contributed by atoms with van der Waals surface area (Å²) in [7, 11) is 1.19. The zero-order valence-corrected chi connectivity index (χ0v) is 16.3. The number of hydrogen-bond donors (Lipinski definition) is 0. The van der Waals surface area contributed by atoms with Crippen LogP contribution in [0.3, 0.4) is 0 Å². The molecular formula is C19H23BN4O3. The molecule has 1 aliphatic rings. The van der Waals surface area contributed by atoms with E-state index in [0.29, 0.717) is 6.54 Å². The number of pyridine rings is 1. The van der Waals surface area contributed by atoms with Crippen molar-refractivity contribution in [3.05, 3.63) is 42.1 Å². The van der Waals surface area contributed by atoms with Crippen LogP contribution in [0.2, 0.25) is 0 Å². The largest absolute Gasteiger partial charge is 0.497 e. The molecule has 1 aromatic carbocycles. The maximum absolute atomic E-state index is 6.09. The molecule has 27 heavy (non-hydrogen) atoms. The van der Waals surface area contributed by atoms with E-state index in [0.717, 1.165) is 27.9 Å². The van der Waals surface area contributed by atoms with Crippen LogP contribution in [0.5, 0.6) is 5.75 Å². The standard InChI is InChI=1S/C19H23BN4O3/c1-18(2)19(3,4)27-20(26-18)14-10-16-17(21-11-14)24(23-22-16)12-13-6-8-15(25-5)9-7-13/h6-11H,12H2,1-5H3. The highest BCUT2D eigenvalue weighted by molar-refractivity contribution is 6.62. The molecule has 0 N–H and O–H groups in total. The molecule has 1 fully saturated rings. The molecule has 0 unspecified atom stereocenters. The van der Waals surface area contributed by atoms with Gasteiger partial charge < -0.3 is 14.0 Å². The summed E-state index contributed by atoms with van der Waals surface area (Å²) < 4.78 is 19.2. The summed E-state index contributed by atoms with van der Waals surface area (Å²) in [6, 6.07) is 9.80. The zero-order chi connectivity index (χ0) is 19.2. The van der Waals surface area contributed by atoms with Crippen molar-refractivity contribution in [1.82, 2.24) is 20.0 Å². The number of fused-ring (bicyclic) bond motifs is 1. The van der Waals surface area contributed by atoms with Gasteiger partial charge in [0, 0.05) is 11.7 Å². The number of methoxy groups -OCH3 is 1. The van der Waals surface area contributed by atoms with E-state index in [2.05, 4.69) is 15.3 Å². The number of nitrogens with zero attached hydrogens (tertiary/aromatic N) is 4. The molecule has 0 atom stereocenters. The minimum absolute atomic E-state index is 0.390. The number of aromatic nitrogens is 4. The SMILES string of the molecule is COc1ccc(Cn2nnc3cc(B4OC(C)(C)C(C)(C)O4)cnc32)cc1. The number of ether oxygens (including phenoxy) is 1. The Balaban J connectivity index is 1.58. The monoisotopic (exact) mass is 366 g/mol. The second kappa shape index (κ2) is 6.32. The Bertz CT molecular complexity index is 953. The van der Waals surface area contributed by atoms with Gasteiger partial charge in [0.15, 0.2) is 5.65 Å².